The van der Waals surface area contributed by atoms with Gasteiger partial charge in [0.25, 0.3) is 5.91 Å². The number of carbonyl (C=O) groups excluding carboxylic acids is 2. The molecule has 6 rings (SSSR count). The van der Waals surface area contributed by atoms with Crippen molar-refractivity contribution >= 4 is 35.1 Å². The quantitative estimate of drug-likeness (QED) is 0.405. The van der Waals surface area contributed by atoms with Gasteiger partial charge in [-0.25, -0.2) is 24.7 Å². The lowest BCUT2D eigenvalue weighted by atomic mass is 9.66. The van der Waals surface area contributed by atoms with E-state index in [1.807, 2.05) is 17.9 Å². The van der Waals surface area contributed by atoms with Crippen LogP contribution in [0.3, 0.4) is 0 Å². The number of aromatic nitrogens is 4. The molecule has 45 heavy (non-hydrogen) atoms. The van der Waals surface area contributed by atoms with E-state index in [2.05, 4.69) is 32.8 Å². The lowest BCUT2D eigenvalue weighted by molar-refractivity contribution is 0.0588. The van der Waals surface area contributed by atoms with Crippen molar-refractivity contribution in [2.45, 2.75) is 77.0 Å². The van der Waals surface area contributed by atoms with E-state index in [0.717, 1.165) is 43.0 Å². The molecule has 3 aromatic heterocycles. The zero-order valence-electron chi connectivity index (χ0n) is 26.7. The Balaban J connectivity index is 1.28. The average Bonchev–Trinajstić information content (AvgIpc) is 3.37. The Morgan fingerprint density at radius 1 is 1.04 bits per heavy atom. The van der Waals surface area contributed by atoms with Crippen LogP contribution >= 0.6 is 0 Å². The fraction of sp³-hybridized carbons (Fsp3) is 0.485. The lowest BCUT2D eigenvalue weighted by Crippen LogP contribution is -2.59. The first kappa shape index (κ1) is 30.2. The first-order chi connectivity index (χ1) is 21.4. The molecule has 5 heterocycles. The maximum absolute atomic E-state index is 14.0. The van der Waals surface area contributed by atoms with Crippen molar-refractivity contribution in [2.24, 2.45) is 0 Å². The molecule has 0 N–H and O–H groups in total. The average molecular weight is 610 g/mol. The van der Waals surface area contributed by atoms with E-state index < -0.39 is 11.7 Å². The van der Waals surface area contributed by atoms with Crippen LogP contribution in [0, 0.1) is 11.3 Å². The van der Waals surface area contributed by atoms with Gasteiger partial charge in [-0.15, -0.1) is 0 Å². The zero-order chi connectivity index (χ0) is 32.1. The predicted octanol–water partition coefficient (Wildman–Crippen LogP) is 4.82. The number of hydrogen-bond donors (Lipinski definition) is 0. The Bertz CT molecular complexity index is 1680. The number of anilines is 4. The summed E-state index contributed by atoms with van der Waals surface area (Å²) in [5, 5.41) is 9.49. The molecule has 0 bridgehead atoms. The van der Waals surface area contributed by atoms with Crippen molar-refractivity contribution in [3.05, 3.63) is 59.8 Å². The van der Waals surface area contributed by atoms with Gasteiger partial charge in [0, 0.05) is 62.1 Å². The molecule has 0 aromatic carbocycles. The molecule has 1 saturated carbocycles. The molecule has 2 atom stereocenters. The second kappa shape index (κ2) is 11.3. The maximum Gasteiger partial charge on any atom is 0.414 e. The number of piperazine rings is 1. The molecule has 1 saturated heterocycles. The summed E-state index contributed by atoms with van der Waals surface area (Å²) in [6, 6.07) is 8.94. The van der Waals surface area contributed by atoms with E-state index in [1.165, 1.54) is 4.90 Å². The summed E-state index contributed by atoms with van der Waals surface area (Å²) in [7, 11) is 1.59. The highest BCUT2D eigenvalue weighted by molar-refractivity contribution is 6.02. The number of nitrogens with zero attached hydrogens (tertiary/aromatic N) is 9. The van der Waals surface area contributed by atoms with E-state index in [-0.39, 0.29) is 29.1 Å². The number of fused-ring (bicyclic) bond motifs is 2. The van der Waals surface area contributed by atoms with E-state index >= 15 is 0 Å². The molecule has 1 aliphatic carbocycles. The Kier molecular flexibility index (Phi) is 7.59. The van der Waals surface area contributed by atoms with Crippen molar-refractivity contribution in [1.29, 1.82) is 5.26 Å². The minimum atomic E-state index is -0.675. The highest BCUT2D eigenvalue weighted by Gasteiger charge is 2.52. The predicted molar refractivity (Wildman–Crippen MR) is 170 cm³/mol. The van der Waals surface area contributed by atoms with Gasteiger partial charge >= 0.3 is 6.09 Å². The number of carbonyl (C=O) groups is 2. The van der Waals surface area contributed by atoms with Gasteiger partial charge in [-0.3, -0.25) is 9.69 Å². The Morgan fingerprint density at radius 3 is 2.49 bits per heavy atom. The van der Waals surface area contributed by atoms with Crippen LogP contribution < -0.4 is 14.7 Å². The topological polar surface area (TPSA) is 132 Å². The Hall–Kier alpha value is -4.79. The summed E-state index contributed by atoms with van der Waals surface area (Å²) in [5.74, 6) is 2.21. The van der Waals surface area contributed by atoms with Gasteiger partial charge < -0.3 is 19.4 Å². The molecular weight excluding hydrogens is 570 g/mol. The molecule has 12 nitrogen and oxygen atoms in total. The molecule has 2 amide bonds. The first-order valence-electron chi connectivity index (χ1n) is 15.4. The highest BCUT2D eigenvalue weighted by Crippen LogP contribution is 2.56. The molecule has 12 heteroatoms. The second-order valence-corrected chi connectivity index (χ2v) is 13.3. The van der Waals surface area contributed by atoms with Crippen molar-refractivity contribution < 1.29 is 14.3 Å². The van der Waals surface area contributed by atoms with Gasteiger partial charge in [0.2, 0.25) is 0 Å². The van der Waals surface area contributed by atoms with E-state index in [4.69, 9.17) is 14.7 Å². The van der Waals surface area contributed by atoms with E-state index in [9.17, 15) is 14.9 Å². The Morgan fingerprint density at radius 2 is 1.80 bits per heavy atom. The van der Waals surface area contributed by atoms with Crippen LogP contribution in [0.4, 0.5) is 27.9 Å². The SMILES string of the molecule is C[C@@H]1CN(c2ncnc3c2C2(CCC2)CN3c2cc(C#N)ccn2)[C@@H](C)CN1C(=O)c1ncccc1N(C)C(=O)OC(C)(C)C. The molecule has 3 aromatic rings. The van der Waals surface area contributed by atoms with Crippen molar-refractivity contribution in [3.8, 4) is 6.07 Å². The molecule has 3 aliphatic rings. The molecule has 0 radical (unpaired) electrons. The van der Waals surface area contributed by atoms with Crippen molar-refractivity contribution in [3.63, 3.8) is 0 Å². The fourth-order valence-electron chi connectivity index (χ4n) is 6.66. The number of hydrogen-bond acceptors (Lipinski definition) is 10. The third kappa shape index (κ3) is 5.41. The van der Waals surface area contributed by atoms with Gasteiger partial charge in [0.05, 0.1) is 17.3 Å². The number of amides is 2. The first-order valence-corrected chi connectivity index (χ1v) is 15.4. The largest absolute Gasteiger partial charge is 0.443 e. The number of rotatable bonds is 4. The molecule has 234 valence electrons. The van der Waals surface area contributed by atoms with Crippen LogP contribution in [-0.2, 0) is 10.2 Å². The maximum atomic E-state index is 14.0. The number of nitriles is 1. The van der Waals surface area contributed by atoms with E-state index in [0.29, 0.717) is 30.2 Å². The van der Waals surface area contributed by atoms with Gasteiger partial charge in [0.1, 0.15) is 29.4 Å². The molecule has 2 fully saturated rings. The fourth-order valence-corrected chi connectivity index (χ4v) is 6.66. The van der Waals surface area contributed by atoms with Gasteiger partial charge in [-0.2, -0.15) is 5.26 Å². The molecule has 0 unspecified atom stereocenters. The van der Waals surface area contributed by atoms with Crippen LogP contribution in [0.15, 0.2) is 43.0 Å². The summed E-state index contributed by atoms with van der Waals surface area (Å²) < 4.78 is 5.54. The highest BCUT2D eigenvalue weighted by atomic mass is 16.6. The zero-order valence-corrected chi connectivity index (χ0v) is 26.7. The third-order valence-corrected chi connectivity index (χ3v) is 9.05. The lowest BCUT2D eigenvalue weighted by Gasteiger charge is -2.47. The standard InChI is InChI=1S/C33H39N9O3/c1-21-18-41(30(43)27-24(9-7-13-36-27)39(6)31(44)45-32(3,4)5)22(2)17-40(21)28-26-29(38-20-37-28)42(19-33(26)11-8-12-33)25-15-23(16-34)10-14-35-25/h7,9-10,13-15,20-22H,8,11-12,17-19H2,1-6H3/t21-,22+/m0/s1. The molecule has 1 spiro atoms. The van der Waals surface area contributed by atoms with E-state index in [1.54, 1.807) is 64.7 Å². The van der Waals surface area contributed by atoms with Crippen LogP contribution in [-0.4, -0.2) is 81.2 Å². The van der Waals surface area contributed by atoms with Gasteiger partial charge in [0.15, 0.2) is 5.69 Å². The van der Waals surface area contributed by atoms with Gasteiger partial charge in [-0.1, -0.05) is 6.42 Å². The third-order valence-electron chi connectivity index (χ3n) is 9.05. The summed E-state index contributed by atoms with van der Waals surface area (Å²) >= 11 is 0. The van der Waals surface area contributed by atoms with Crippen molar-refractivity contribution in [2.75, 3.05) is 41.4 Å². The minimum absolute atomic E-state index is 0.0499. The molecule has 2 aliphatic heterocycles. The summed E-state index contributed by atoms with van der Waals surface area (Å²) in [6.07, 6.45) is 7.48. The number of pyridine rings is 2. The number of ether oxygens (including phenoxy) is 1. The minimum Gasteiger partial charge on any atom is -0.443 e. The van der Waals surface area contributed by atoms with Crippen LogP contribution in [0.2, 0.25) is 0 Å². The van der Waals surface area contributed by atoms with Gasteiger partial charge in [-0.05, 0) is 71.7 Å². The monoisotopic (exact) mass is 609 g/mol. The summed E-state index contributed by atoms with van der Waals surface area (Å²) in [6.45, 7) is 11.3. The Labute approximate surface area is 263 Å². The normalized spacial score (nSPS) is 20.3. The summed E-state index contributed by atoms with van der Waals surface area (Å²) in [5.41, 5.74) is 1.53. The summed E-state index contributed by atoms with van der Waals surface area (Å²) in [4.78, 5) is 53.1. The van der Waals surface area contributed by atoms with Crippen molar-refractivity contribution in [1.82, 2.24) is 24.8 Å². The molecular formula is C33H39N9O3. The van der Waals surface area contributed by atoms with Crippen LogP contribution in [0.5, 0.6) is 0 Å². The smallest absolute Gasteiger partial charge is 0.414 e. The van der Waals surface area contributed by atoms with Crippen LogP contribution in [0.1, 0.15) is 75.5 Å². The second-order valence-electron chi connectivity index (χ2n) is 13.3. The van der Waals surface area contributed by atoms with Crippen LogP contribution in [0.25, 0.3) is 0 Å².